The second-order valence-corrected chi connectivity index (χ2v) is 6.93. The molecule has 5 nitrogen and oxygen atoms in total. The average Bonchev–Trinajstić information content (AvgIpc) is 2.95. The number of aryl methyl sites for hydroxylation is 1. The first-order valence-corrected chi connectivity index (χ1v) is 8.64. The first kappa shape index (κ1) is 17.5. The van der Waals surface area contributed by atoms with Gasteiger partial charge >= 0.3 is 5.97 Å². The molecule has 1 saturated heterocycles. The molecule has 1 N–H and O–H groups in total. The van der Waals surface area contributed by atoms with Gasteiger partial charge in [0.25, 0.3) is 5.91 Å². The number of carbonyl (C=O) groups is 2. The molecular formula is C17H16F2N2O3S. The van der Waals surface area contributed by atoms with E-state index in [9.17, 15) is 18.4 Å². The Labute approximate surface area is 146 Å². The zero-order valence-corrected chi connectivity index (χ0v) is 14.3. The van der Waals surface area contributed by atoms with Crippen molar-refractivity contribution in [1.29, 1.82) is 0 Å². The van der Waals surface area contributed by atoms with E-state index in [1.807, 2.05) is 0 Å². The van der Waals surface area contributed by atoms with E-state index in [-0.39, 0.29) is 16.5 Å². The number of carbonyl (C=O) groups excluding carboxylic acids is 1. The van der Waals surface area contributed by atoms with E-state index in [2.05, 4.69) is 4.98 Å². The summed E-state index contributed by atoms with van der Waals surface area (Å²) in [5.41, 5.74) is 0.173. The molecule has 8 heteroatoms. The molecule has 2 aromatic rings. The van der Waals surface area contributed by atoms with Crippen molar-refractivity contribution in [2.24, 2.45) is 5.92 Å². The summed E-state index contributed by atoms with van der Waals surface area (Å²) in [7, 11) is 0. The maximum Gasteiger partial charge on any atom is 0.306 e. The summed E-state index contributed by atoms with van der Waals surface area (Å²) in [5, 5.41) is 9.15. The Morgan fingerprint density at radius 1 is 1.24 bits per heavy atom. The summed E-state index contributed by atoms with van der Waals surface area (Å²) in [4.78, 5) is 29.7. The molecule has 1 aliphatic heterocycles. The highest BCUT2D eigenvalue weighted by Crippen LogP contribution is 2.33. The largest absolute Gasteiger partial charge is 0.481 e. The van der Waals surface area contributed by atoms with Crippen LogP contribution < -0.4 is 0 Å². The molecule has 1 aromatic heterocycles. The van der Waals surface area contributed by atoms with Crippen molar-refractivity contribution in [3.63, 3.8) is 0 Å². The third kappa shape index (κ3) is 3.39. The highest BCUT2D eigenvalue weighted by Gasteiger charge is 2.30. The van der Waals surface area contributed by atoms with Crippen LogP contribution in [0.5, 0.6) is 0 Å². The quantitative estimate of drug-likeness (QED) is 0.905. The van der Waals surface area contributed by atoms with E-state index in [1.165, 1.54) is 6.07 Å². The topological polar surface area (TPSA) is 70.5 Å². The molecule has 132 valence electrons. The van der Waals surface area contributed by atoms with Gasteiger partial charge in [0.1, 0.15) is 21.5 Å². The summed E-state index contributed by atoms with van der Waals surface area (Å²) in [6.07, 6.45) is 0.793. The Kier molecular flexibility index (Phi) is 4.80. The number of hydrogen-bond donors (Lipinski definition) is 1. The molecule has 0 aliphatic carbocycles. The van der Waals surface area contributed by atoms with Crippen LogP contribution in [0.15, 0.2) is 18.2 Å². The van der Waals surface area contributed by atoms with E-state index in [0.717, 1.165) is 23.5 Å². The Bertz CT molecular complexity index is 809. The number of aromatic nitrogens is 1. The SMILES string of the molecule is Cc1nc(-c2c(F)cccc2F)sc1C(=O)N1CCC(C(=O)O)CC1. The Morgan fingerprint density at radius 3 is 2.40 bits per heavy atom. The third-order valence-corrected chi connectivity index (χ3v) is 5.46. The van der Waals surface area contributed by atoms with Gasteiger partial charge in [-0.25, -0.2) is 13.8 Å². The fourth-order valence-electron chi connectivity index (χ4n) is 2.88. The number of nitrogens with zero attached hydrogens (tertiary/aromatic N) is 2. The lowest BCUT2D eigenvalue weighted by molar-refractivity contribution is -0.143. The number of amides is 1. The molecule has 0 radical (unpaired) electrons. The number of hydrogen-bond acceptors (Lipinski definition) is 4. The normalized spacial score (nSPS) is 15.4. The second-order valence-electron chi connectivity index (χ2n) is 5.93. The van der Waals surface area contributed by atoms with Crippen LogP contribution in [0.3, 0.4) is 0 Å². The summed E-state index contributed by atoms with van der Waals surface area (Å²) >= 11 is 0.951. The van der Waals surface area contributed by atoms with Crippen molar-refractivity contribution in [2.45, 2.75) is 19.8 Å². The number of piperidine rings is 1. The summed E-state index contributed by atoms with van der Waals surface area (Å²) in [5.74, 6) is -3.01. The molecular weight excluding hydrogens is 350 g/mol. The van der Waals surface area contributed by atoms with Gasteiger partial charge in [0.15, 0.2) is 0 Å². The van der Waals surface area contributed by atoms with Gasteiger partial charge in [-0.1, -0.05) is 6.07 Å². The third-order valence-electron chi connectivity index (χ3n) is 4.30. The number of carboxylic acids is 1. The lowest BCUT2D eigenvalue weighted by Crippen LogP contribution is -2.40. The zero-order chi connectivity index (χ0) is 18.1. The molecule has 1 aromatic carbocycles. The number of thiazole rings is 1. The Morgan fingerprint density at radius 2 is 1.84 bits per heavy atom. The number of likely N-dealkylation sites (tertiary alicyclic amines) is 1. The molecule has 0 spiro atoms. The first-order valence-electron chi connectivity index (χ1n) is 7.82. The summed E-state index contributed by atoms with van der Waals surface area (Å²) in [6, 6.07) is 3.56. The monoisotopic (exact) mass is 366 g/mol. The predicted molar refractivity (Wildman–Crippen MR) is 88.5 cm³/mol. The van der Waals surface area contributed by atoms with Crippen LogP contribution in [0.4, 0.5) is 8.78 Å². The van der Waals surface area contributed by atoms with Gasteiger partial charge in [-0.15, -0.1) is 11.3 Å². The minimum atomic E-state index is -0.849. The van der Waals surface area contributed by atoms with Crippen LogP contribution in [-0.4, -0.2) is 40.0 Å². The molecule has 1 aliphatic rings. The van der Waals surface area contributed by atoms with E-state index >= 15 is 0 Å². The Hall–Kier alpha value is -2.35. The van der Waals surface area contributed by atoms with Crippen molar-refractivity contribution in [3.8, 4) is 10.6 Å². The van der Waals surface area contributed by atoms with Crippen molar-refractivity contribution < 1.29 is 23.5 Å². The maximum atomic E-state index is 13.9. The van der Waals surface area contributed by atoms with Crippen LogP contribution in [0, 0.1) is 24.5 Å². The van der Waals surface area contributed by atoms with Crippen LogP contribution in [0.2, 0.25) is 0 Å². The van der Waals surface area contributed by atoms with E-state index in [4.69, 9.17) is 5.11 Å². The van der Waals surface area contributed by atoms with Crippen molar-refractivity contribution >= 4 is 23.2 Å². The summed E-state index contributed by atoms with van der Waals surface area (Å²) in [6.45, 7) is 2.31. The van der Waals surface area contributed by atoms with Crippen LogP contribution in [0.1, 0.15) is 28.2 Å². The molecule has 2 heterocycles. The van der Waals surface area contributed by atoms with Crippen LogP contribution >= 0.6 is 11.3 Å². The predicted octanol–water partition coefficient (Wildman–Crippen LogP) is 3.33. The highest BCUT2D eigenvalue weighted by molar-refractivity contribution is 7.17. The van der Waals surface area contributed by atoms with Gasteiger partial charge in [-0.3, -0.25) is 9.59 Å². The van der Waals surface area contributed by atoms with E-state index < -0.39 is 23.5 Å². The number of carboxylic acid groups (broad SMARTS) is 1. The molecule has 1 amide bonds. The average molecular weight is 366 g/mol. The highest BCUT2D eigenvalue weighted by atomic mass is 32.1. The van der Waals surface area contributed by atoms with Crippen LogP contribution in [0.25, 0.3) is 10.6 Å². The molecule has 0 atom stereocenters. The number of aliphatic carboxylic acids is 1. The minimum Gasteiger partial charge on any atom is -0.481 e. The zero-order valence-electron chi connectivity index (χ0n) is 13.5. The second kappa shape index (κ2) is 6.87. The van der Waals surface area contributed by atoms with Gasteiger partial charge < -0.3 is 10.0 Å². The Balaban J connectivity index is 1.84. The fourth-order valence-corrected chi connectivity index (χ4v) is 3.96. The molecule has 25 heavy (non-hydrogen) atoms. The molecule has 0 bridgehead atoms. The van der Waals surface area contributed by atoms with E-state index in [0.29, 0.717) is 36.5 Å². The van der Waals surface area contributed by atoms with Gasteiger partial charge in [-0.05, 0) is 31.9 Å². The van der Waals surface area contributed by atoms with Crippen LogP contribution in [-0.2, 0) is 4.79 Å². The molecule has 0 unspecified atom stereocenters. The standard InChI is InChI=1S/C17H16F2N2O3S/c1-9-14(16(22)21-7-5-10(6-8-21)17(23)24)25-15(20-9)13-11(18)3-2-4-12(13)19/h2-4,10H,5-8H2,1H3,(H,23,24). The number of benzene rings is 1. The van der Waals surface area contributed by atoms with E-state index in [1.54, 1.807) is 11.8 Å². The summed E-state index contributed by atoms with van der Waals surface area (Å²) < 4.78 is 27.9. The lowest BCUT2D eigenvalue weighted by Gasteiger charge is -2.29. The number of rotatable bonds is 3. The number of halogens is 2. The lowest BCUT2D eigenvalue weighted by atomic mass is 9.97. The first-order chi connectivity index (χ1) is 11.9. The minimum absolute atomic E-state index is 0.122. The molecule has 0 saturated carbocycles. The van der Waals surface area contributed by atoms with Crippen molar-refractivity contribution in [1.82, 2.24) is 9.88 Å². The van der Waals surface area contributed by atoms with Crippen molar-refractivity contribution in [2.75, 3.05) is 13.1 Å². The van der Waals surface area contributed by atoms with Gasteiger partial charge in [-0.2, -0.15) is 0 Å². The molecule has 1 fully saturated rings. The van der Waals surface area contributed by atoms with Gasteiger partial charge in [0.2, 0.25) is 0 Å². The molecule has 3 rings (SSSR count). The maximum absolute atomic E-state index is 13.9. The van der Waals surface area contributed by atoms with Crippen molar-refractivity contribution in [3.05, 3.63) is 40.4 Å². The smallest absolute Gasteiger partial charge is 0.306 e. The van der Waals surface area contributed by atoms with Gasteiger partial charge in [0.05, 0.1) is 17.2 Å². The van der Waals surface area contributed by atoms with Gasteiger partial charge in [0, 0.05) is 13.1 Å². The fraction of sp³-hybridized carbons (Fsp3) is 0.353.